The maximum atomic E-state index is 3.61. The fourth-order valence-corrected chi connectivity index (χ4v) is 3.54. The first-order valence-electron chi connectivity index (χ1n) is 8.19. The van der Waals surface area contributed by atoms with Crippen LogP contribution in [0.2, 0.25) is 0 Å². The van der Waals surface area contributed by atoms with Crippen LogP contribution in [0.25, 0.3) is 0 Å². The average Bonchev–Trinajstić information content (AvgIpc) is 2.48. The van der Waals surface area contributed by atoms with Gasteiger partial charge in [0.1, 0.15) is 0 Å². The number of fused-ring (bicyclic) bond motifs is 1. The van der Waals surface area contributed by atoms with E-state index in [1.807, 2.05) is 0 Å². The van der Waals surface area contributed by atoms with Crippen molar-refractivity contribution in [3.63, 3.8) is 0 Å². The van der Waals surface area contributed by atoms with Crippen LogP contribution < -0.4 is 5.32 Å². The summed E-state index contributed by atoms with van der Waals surface area (Å²) in [6.07, 6.45) is 4.78. The summed E-state index contributed by atoms with van der Waals surface area (Å²) in [7, 11) is 0. The highest BCUT2D eigenvalue weighted by Crippen LogP contribution is 2.36. The molecule has 0 fully saturated rings. The van der Waals surface area contributed by atoms with Gasteiger partial charge >= 0.3 is 0 Å². The van der Waals surface area contributed by atoms with Crippen molar-refractivity contribution in [1.29, 1.82) is 0 Å². The van der Waals surface area contributed by atoms with Crippen molar-refractivity contribution in [3.8, 4) is 0 Å². The van der Waals surface area contributed by atoms with E-state index in [0.717, 1.165) is 6.42 Å². The van der Waals surface area contributed by atoms with E-state index in [-0.39, 0.29) is 0 Å². The van der Waals surface area contributed by atoms with Crippen LogP contribution in [0.4, 0.5) is 5.69 Å². The van der Waals surface area contributed by atoms with Gasteiger partial charge in [0.05, 0.1) is 0 Å². The molecule has 0 saturated carbocycles. The monoisotopic (exact) mass is 279 g/mol. The highest BCUT2D eigenvalue weighted by Gasteiger charge is 2.23. The molecule has 1 heterocycles. The lowest BCUT2D eigenvalue weighted by molar-refractivity contribution is 0.551. The third kappa shape index (κ3) is 3.29. The van der Waals surface area contributed by atoms with E-state index in [0.29, 0.717) is 12.0 Å². The lowest BCUT2D eigenvalue weighted by Gasteiger charge is -2.31. The first-order chi connectivity index (χ1) is 10.3. The van der Waals surface area contributed by atoms with Gasteiger partial charge in [-0.05, 0) is 54.9 Å². The summed E-state index contributed by atoms with van der Waals surface area (Å²) in [4.78, 5) is 0. The molecule has 1 aliphatic heterocycles. The van der Waals surface area contributed by atoms with E-state index in [1.165, 1.54) is 41.6 Å². The van der Waals surface area contributed by atoms with E-state index >= 15 is 0 Å². The minimum Gasteiger partial charge on any atom is -0.382 e. The second-order valence-corrected chi connectivity index (χ2v) is 6.34. The van der Waals surface area contributed by atoms with Crippen LogP contribution in [0.1, 0.15) is 49.3 Å². The first kappa shape index (κ1) is 14.2. The Morgan fingerprint density at radius 1 is 1.05 bits per heavy atom. The smallest absolute Gasteiger partial charge is 0.0377 e. The van der Waals surface area contributed by atoms with Crippen LogP contribution in [-0.2, 0) is 12.8 Å². The molecular formula is C20H25N. The molecule has 1 nitrogen and oxygen atoms in total. The minimum absolute atomic E-state index is 0.559. The molecule has 0 aliphatic carbocycles. The van der Waals surface area contributed by atoms with E-state index < -0.39 is 0 Å². The van der Waals surface area contributed by atoms with Gasteiger partial charge in [0.15, 0.2) is 0 Å². The summed E-state index contributed by atoms with van der Waals surface area (Å²) in [6.45, 7) is 4.54. The molecule has 2 aromatic carbocycles. The Labute approximate surface area is 128 Å². The Balaban J connectivity index is 1.83. The zero-order valence-corrected chi connectivity index (χ0v) is 13.1. The number of benzene rings is 2. The van der Waals surface area contributed by atoms with Crippen molar-refractivity contribution in [2.45, 2.75) is 51.5 Å². The van der Waals surface area contributed by atoms with Crippen molar-refractivity contribution in [2.24, 2.45) is 0 Å². The van der Waals surface area contributed by atoms with Crippen molar-refractivity contribution in [1.82, 2.24) is 0 Å². The highest BCUT2D eigenvalue weighted by molar-refractivity contribution is 5.56. The van der Waals surface area contributed by atoms with Crippen molar-refractivity contribution in [3.05, 3.63) is 65.2 Å². The fraction of sp³-hybridized carbons (Fsp3) is 0.400. The third-order valence-electron chi connectivity index (χ3n) is 4.45. The molecule has 0 saturated heterocycles. The zero-order valence-electron chi connectivity index (χ0n) is 13.1. The maximum Gasteiger partial charge on any atom is 0.0377 e. The van der Waals surface area contributed by atoms with Gasteiger partial charge in [-0.25, -0.2) is 0 Å². The normalized spacial score (nSPS) is 20.7. The van der Waals surface area contributed by atoms with Gasteiger partial charge < -0.3 is 5.32 Å². The van der Waals surface area contributed by atoms with Gasteiger partial charge in [-0.15, -0.1) is 0 Å². The van der Waals surface area contributed by atoms with Crippen molar-refractivity contribution in [2.75, 3.05) is 5.32 Å². The predicted molar refractivity (Wildman–Crippen MR) is 91.0 cm³/mol. The molecule has 3 rings (SSSR count). The standard InChI is InChI=1S/C20H25N/c1-3-7-16-8-6-9-17(13-16)14-18-12-15(2)21-20-11-5-4-10-19(18)20/h4-6,8-11,13,15,18,21H,3,7,12,14H2,1-2H3. The number of rotatable bonds is 4. The third-order valence-corrected chi connectivity index (χ3v) is 4.45. The lowest BCUT2D eigenvalue weighted by atomic mass is 9.83. The molecule has 1 heteroatoms. The number of hydrogen-bond donors (Lipinski definition) is 1. The van der Waals surface area contributed by atoms with Crippen LogP contribution >= 0.6 is 0 Å². The average molecular weight is 279 g/mol. The van der Waals surface area contributed by atoms with E-state index in [1.54, 1.807) is 0 Å². The molecule has 0 spiro atoms. The molecule has 0 radical (unpaired) electrons. The molecule has 1 aliphatic rings. The second-order valence-electron chi connectivity index (χ2n) is 6.34. The molecule has 0 aromatic heterocycles. The van der Waals surface area contributed by atoms with Gasteiger partial charge in [0.2, 0.25) is 0 Å². The first-order valence-corrected chi connectivity index (χ1v) is 8.19. The number of nitrogens with one attached hydrogen (secondary N) is 1. The predicted octanol–water partition coefficient (Wildman–Crippen LogP) is 5.17. The summed E-state index contributed by atoms with van der Waals surface area (Å²) in [5.74, 6) is 0.634. The Kier molecular flexibility index (Phi) is 4.28. The molecule has 0 bridgehead atoms. The molecular weight excluding hydrogens is 254 g/mol. The Bertz CT molecular complexity index is 602. The number of para-hydroxylation sites is 1. The van der Waals surface area contributed by atoms with Gasteiger partial charge in [-0.1, -0.05) is 55.8 Å². The largest absolute Gasteiger partial charge is 0.382 e. The van der Waals surface area contributed by atoms with Crippen LogP contribution in [0.15, 0.2) is 48.5 Å². The van der Waals surface area contributed by atoms with Crippen molar-refractivity contribution >= 4 is 5.69 Å². The number of anilines is 1. The number of aryl methyl sites for hydroxylation is 1. The molecule has 2 atom stereocenters. The van der Waals surface area contributed by atoms with Crippen LogP contribution in [-0.4, -0.2) is 6.04 Å². The highest BCUT2D eigenvalue weighted by atomic mass is 14.9. The quantitative estimate of drug-likeness (QED) is 0.814. The van der Waals surface area contributed by atoms with Gasteiger partial charge in [0, 0.05) is 11.7 Å². The SMILES string of the molecule is CCCc1cccc(CC2CC(C)Nc3ccccc32)c1. The van der Waals surface area contributed by atoms with Gasteiger partial charge in [0.25, 0.3) is 0 Å². The molecule has 2 unspecified atom stereocenters. The maximum absolute atomic E-state index is 3.61. The zero-order chi connectivity index (χ0) is 14.7. The summed E-state index contributed by atoms with van der Waals surface area (Å²) in [6, 6.07) is 18.5. The summed E-state index contributed by atoms with van der Waals surface area (Å²) >= 11 is 0. The van der Waals surface area contributed by atoms with E-state index in [4.69, 9.17) is 0 Å². The number of hydrogen-bond acceptors (Lipinski definition) is 1. The van der Waals surface area contributed by atoms with E-state index in [9.17, 15) is 0 Å². The van der Waals surface area contributed by atoms with Crippen LogP contribution in [0, 0.1) is 0 Å². The van der Waals surface area contributed by atoms with Gasteiger partial charge in [-0.2, -0.15) is 0 Å². The Morgan fingerprint density at radius 2 is 1.86 bits per heavy atom. The fourth-order valence-electron chi connectivity index (χ4n) is 3.54. The van der Waals surface area contributed by atoms with E-state index in [2.05, 4.69) is 67.7 Å². The second kappa shape index (κ2) is 6.34. The molecule has 0 amide bonds. The van der Waals surface area contributed by atoms with Crippen LogP contribution in [0.5, 0.6) is 0 Å². The Hall–Kier alpha value is -1.76. The molecule has 2 aromatic rings. The molecule has 21 heavy (non-hydrogen) atoms. The summed E-state index contributed by atoms with van der Waals surface area (Å²) in [5, 5.41) is 3.61. The summed E-state index contributed by atoms with van der Waals surface area (Å²) < 4.78 is 0. The van der Waals surface area contributed by atoms with Gasteiger partial charge in [-0.3, -0.25) is 0 Å². The van der Waals surface area contributed by atoms with Crippen LogP contribution in [0.3, 0.4) is 0 Å². The van der Waals surface area contributed by atoms with Crippen molar-refractivity contribution < 1.29 is 0 Å². The topological polar surface area (TPSA) is 12.0 Å². The summed E-state index contributed by atoms with van der Waals surface area (Å²) in [5.41, 5.74) is 5.77. The minimum atomic E-state index is 0.559. The Morgan fingerprint density at radius 3 is 2.71 bits per heavy atom. The lowest BCUT2D eigenvalue weighted by Crippen LogP contribution is -2.26. The molecule has 1 N–H and O–H groups in total. The molecule has 110 valence electrons.